The van der Waals surface area contributed by atoms with E-state index >= 15 is 0 Å². The molecule has 0 aliphatic carbocycles. The second-order valence-electron chi connectivity index (χ2n) is 4.86. The van der Waals surface area contributed by atoms with Gasteiger partial charge in [0.25, 0.3) is 0 Å². The third-order valence-electron chi connectivity index (χ3n) is 3.49. The van der Waals surface area contributed by atoms with Crippen LogP contribution in [0.5, 0.6) is 0 Å². The maximum absolute atomic E-state index is 11.2. The monoisotopic (exact) mass is 229 g/mol. The minimum absolute atomic E-state index is 0.0668. The molecule has 0 amide bonds. The number of ether oxygens (including phenoxy) is 2. The lowest BCUT2D eigenvalue weighted by Crippen LogP contribution is -2.50. The van der Waals surface area contributed by atoms with Crippen LogP contribution in [0.2, 0.25) is 0 Å². The number of hydrogen-bond donors (Lipinski definition) is 0. The molecule has 1 heterocycles. The lowest BCUT2D eigenvalue weighted by Gasteiger charge is -2.42. The molecule has 1 aliphatic rings. The molecular formula is C12H23NO3. The number of hydrogen-bond acceptors (Lipinski definition) is 4. The van der Waals surface area contributed by atoms with Gasteiger partial charge in [-0.05, 0) is 33.2 Å². The second-order valence-corrected chi connectivity index (χ2v) is 4.86. The van der Waals surface area contributed by atoms with E-state index in [9.17, 15) is 4.79 Å². The molecule has 0 aromatic heterocycles. The number of likely N-dealkylation sites (tertiary alicyclic amines) is 1. The number of esters is 1. The Balaban J connectivity index is 2.50. The summed E-state index contributed by atoms with van der Waals surface area (Å²) in [6.45, 7) is 6.13. The third-order valence-corrected chi connectivity index (χ3v) is 3.49. The first kappa shape index (κ1) is 13.5. The van der Waals surface area contributed by atoms with Crippen LogP contribution in [0.3, 0.4) is 0 Å². The lowest BCUT2D eigenvalue weighted by atomic mass is 9.93. The summed E-state index contributed by atoms with van der Waals surface area (Å²) >= 11 is 0. The first-order valence-corrected chi connectivity index (χ1v) is 5.87. The van der Waals surface area contributed by atoms with Crippen molar-refractivity contribution in [1.82, 2.24) is 4.90 Å². The van der Waals surface area contributed by atoms with Crippen molar-refractivity contribution in [3.05, 3.63) is 0 Å². The zero-order valence-electron chi connectivity index (χ0n) is 10.8. The molecule has 0 spiro atoms. The van der Waals surface area contributed by atoms with Crippen LogP contribution in [0.15, 0.2) is 0 Å². The van der Waals surface area contributed by atoms with E-state index in [-0.39, 0.29) is 17.6 Å². The summed E-state index contributed by atoms with van der Waals surface area (Å²) in [7, 11) is 3.19. The highest BCUT2D eigenvalue weighted by molar-refractivity contribution is 5.69. The molecule has 16 heavy (non-hydrogen) atoms. The summed E-state index contributed by atoms with van der Waals surface area (Å²) in [6.07, 6.45) is 2.66. The van der Waals surface area contributed by atoms with Gasteiger partial charge in [-0.3, -0.25) is 9.69 Å². The zero-order chi connectivity index (χ0) is 12.2. The Labute approximate surface area is 97.9 Å². The van der Waals surface area contributed by atoms with Crippen molar-refractivity contribution in [2.75, 3.05) is 27.3 Å². The van der Waals surface area contributed by atoms with Crippen LogP contribution in [-0.4, -0.2) is 49.8 Å². The van der Waals surface area contributed by atoms with Crippen LogP contribution in [0, 0.1) is 0 Å². The normalized spacial score (nSPS) is 28.8. The zero-order valence-corrected chi connectivity index (χ0v) is 10.8. The van der Waals surface area contributed by atoms with Gasteiger partial charge in [0.15, 0.2) is 0 Å². The molecule has 0 N–H and O–H groups in total. The molecule has 1 aliphatic heterocycles. The SMILES string of the molecule is COC(=O)CC(C)N1CCCC(C)(OC)C1. The Bertz CT molecular complexity index is 244. The predicted molar refractivity (Wildman–Crippen MR) is 62.3 cm³/mol. The van der Waals surface area contributed by atoms with Gasteiger partial charge < -0.3 is 9.47 Å². The summed E-state index contributed by atoms with van der Waals surface area (Å²) in [4.78, 5) is 13.5. The Kier molecular flexibility index (Phi) is 4.74. The molecule has 2 unspecified atom stereocenters. The van der Waals surface area contributed by atoms with Gasteiger partial charge in [-0.1, -0.05) is 0 Å². The van der Waals surface area contributed by atoms with Crippen molar-refractivity contribution < 1.29 is 14.3 Å². The first-order chi connectivity index (χ1) is 7.50. The van der Waals surface area contributed by atoms with Crippen LogP contribution in [0.1, 0.15) is 33.1 Å². The topological polar surface area (TPSA) is 38.8 Å². The first-order valence-electron chi connectivity index (χ1n) is 5.87. The van der Waals surface area contributed by atoms with Crippen molar-refractivity contribution in [1.29, 1.82) is 0 Å². The summed E-state index contributed by atoms with van der Waals surface area (Å²) < 4.78 is 10.2. The number of piperidine rings is 1. The van der Waals surface area contributed by atoms with Crippen LogP contribution < -0.4 is 0 Å². The molecule has 94 valence electrons. The van der Waals surface area contributed by atoms with Crippen LogP contribution in [0.25, 0.3) is 0 Å². The van der Waals surface area contributed by atoms with Crippen LogP contribution in [-0.2, 0) is 14.3 Å². The fourth-order valence-electron chi connectivity index (χ4n) is 2.24. The molecule has 0 aromatic rings. The van der Waals surface area contributed by atoms with E-state index in [2.05, 4.69) is 18.7 Å². The molecule has 0 bridgehead atoms. The summed E-state index contributed by atoms with van der Waals surface area (Å²) in [5.74, 6) is -0.141. The van der Waals surface area contributed by atoms with E-state index in [0.29, 0.717) is 6.42 Å². The quantitative estimate of drug-likeness (QED) is 0.684. The number of nitrogens with zero attached hydrogens (tertiary/aromatic N) is 1. The van der Waals surface area contributed by atoms with Gasteiger partial charge in [-0.15, -0.1) is 0 Å². The van der Waals surface area contributed by atoms with Crippen molar-refractivity contribution in [2.45, 2.75) is 44.8 Å². The molecule has 0 saturated carbocycles. The van der Waals surface area contributed by atoms with Crippen molar-refractivity contribution in [2.24, 2.45) is 0 Å². The molecule has 2 atom stereocenters. The highest BCUT2D eigenvalue weighted by Gasteiger charge is 2.33. The number of carbonyl (C=O) groups excluding carboxylic acids is 1. The van der Waals surface area contributed by atoms with E-state index in [1.54, 1.807) is 7.11 Å². The molecule has 0 radical (unpaired) electrons. The summed E-state index contributed by atoms with van der Waals surface area (Å²) in [6, 6.07) is 0.224. The van der Waals surface area contributed by atoms with Gasteiger partial charge in [0.05, 0.1) is 19.1 Å². The van der Waals surface area contributed by atoms with Gasteiger partial charge >= 0.3 is 5.97 Å². The molecule has 1 fully saturated rings. The molecule has 1 rings (SSSR count). The average molecular weight is 229 g/mol. The second kappa shape index (κ2) is 5.64. The Morgan fingerprint density at radius 3 is 2.75 bits per heavy atom. The minimum Gasteiger partial charge on any atom is -0.469 e. The average Bonchev–Trinajstić information content (AvgIpc) is 2.29. The smallest absolute Gasteiger partial charge is 0.307 e. The molecule has 0 aromatic carbocycles. The predicted octanol–water partition coefficient (Wildman–Crippen LogP) is 1.44. The molecule has 4 heteroatoms. The van der Waals surface area contributed by atoms with E-state index in [4.69, 9.17) is 9.47 Å². The van der Waals surface area contributed by atoms with Gasteiger partial charge in [0.1, 0.15) is 0 Å². The fourth-order valence-corrected chi connectivity index (χ4v) is 2.24. The van der Waals surface area contributed by atoms with Gasteiger partial charge in [0, 0.05) is 19.7 Å². The van der Waals surface area contributed by atoms with E-state index in [1.807, 2.05) is 0 Å². The fraction of sp³-hybridized carbons (Fsp3) is 0.917. The largest absolute Gasteiger partial charge is 0.469 e. The van der Waals surface area contributed by atoms with Gasteiger partial charge in [0.2, 0.25) is 0 Å². The highest BCUT2D eigenvalue weighted by Crippen LogP contribution is 2.25. The van der Waals surface area contributed by atoms with Gasteiger partial charge in [-0.2, -0.15) is 0 Å². The Morgan fingerprint density at radius 2 is 2.19 bits per heavy atom. The van der Waals surface area contributed by atoms with E-state index < -0.39 is 0 Å². The minimum atomic E-state index is -0.141. The number of carbonyl (C=O) groups is 1. The van der Waals surface area contributed by atoms with E-state index in [1.165, 1.54) is 7.11 Å². The summed E-state index contributed by atoms with van der Waals surface area (Å²) in [5, 5.41) is 0. The maximum atomic E-state index is 11.2. The summed E-state index contributed by atoms with van der Waals surface area (Å²) in [5.41, 5.74) is -0.0668. The Morgan fingerprint density at radius 1 is 1.50 bits per heavy atom. The molecular weight excluding hydrogens is 206 g/mol. The van der Waals surface area contributed by atoms with Crippen LogP contribution >= 0.6 is 0 Å². The van der Waals surface area contributed by atoms with Crippen LogP contribution in [0.4, 0.5) is 0 Å². The standard InChI is InChI=1S/C12H23NO3/c1-10(8-11(14)15-3)13-7-5-6-12(2,9-13)16-4/h10H,5-9H2,1-4H3. The number of methoxy groups -OCH3 is 2. The van der Waals surface area contributed by atoms with Crippen molar-refractivity contribution in [3.63, 3.8) is 0 Å². The number of rotatable bonds is 4. The van der Waals surface area contributed by atoms with Crippen molar-refractivity contribution >= 4 is 5.97 Å². The Hall–Kier alpha value is -0.610. The van der Waals surface area contributed by atoms with Crippen molar-refractivity contribution in [3.8, 4) is 0 Å². The lowest BCUT2D eigenvalue weighted by molar-refractivity contribution is -0.142. The van der Waals surface area contributed by atoms with E-state index in [0.717, 1.165) is 25.9 Å². The third kappa shape index (κ3) is 3.46. The molecule has 1 saturated heterocycles. The van der Waals surface area contributed by atoms with Gasteiger partial charge in [-0.25, -0.2) is 0 Å². The maximum Gasteiger partial charge on any atom is 0.307 e. The molecule has 4 nitrogen and oxygen atoms in total. The highest BCUT2D eigenvalue weighted by atomic mass is 16.5.